The van der Waals surface area contributed by atoms with Crippen molar-refractivity contribution in [2.24, 2.45) is 5.73 Å². The maximum absolute atomic E-state index is 10.6. The molecule has 1 atom stereocenters. The zero-order valence-corrected chi connectivity index (χ0v) is 12.7. The highest BCUT2D eigenvalue weighted by Gasteiger charge is 2.33. The van der Waals surface area contributed by atoms with Crippen molar-refractivity contribution in [3.63, 3.8) is 0 Å². The summed E-state index contributed by atoms with van der Waals surface area (Å²) in [5.41, 5.74) is 7.77. The first-order chi connectivity index (χ1) is 11.7. The number of rotatable bonds is 1. The summed E-state index contributed by atoms with van der Waals surface area (Å²) in [7, 11) is 0. The summed E-state index contributed by atoms with van der Waals surface area (Å²) in [6.45, 7) is 0. The van der Waals surface area contributed by atoms with Crippen LogP contribution in [-0.4, -0.2) is 5.11 Å². The first-order valence-corrected chi connectivity index (χ1v) is 7.58. The molecule has 0 saturated carbocycles. The smallest absolute Gasteiger partial charge is 0.205 e. The molecule has 0 saturated heterocycles. The van der Waals surface area contributed by atoms with Gasteiger partial charge in [0.05, 0.1) is 5.92 Å². The van der Waals surface area contributed by atoms with E-state index in [1.807, 2.05) is 54.6 Å². The average molecular weight is 314 g/mol. The van der Waals surface area contributed by atoms with Crippen molar-refractivity contribution < 1.29 is 9.84 Å². The molecule has 3 N–H and O–H groups in total. The lowest BCUT2D eigenvalue weighted by Crippen LogP contribution is -2.21. The number of fused-ring (bicyclic) bond motifs is 2. The minimum absolute atomic E-state index is 0.0773. The molecule has 0 radical (unpaired) electrons. The molecule has 3 aromatic rings. The van der Waals surface area contributed by atoms with Gasteiger partial charge >= 0.3 is 0 Å². The van der Waals surface area contributed by atoms with E-state index in [1.165, 1.54) is 0 Å². The molecule has 24 heavy (non-hydrogen) atoms. The third kappa shape index (κ3) is 1.99. The standard InChI is InChI=1S/C20H14N2O2/c21-11-15-18(14-7-3-4-8-17(14)24-20(15)22)19-13-6-2-1-5-12(13)9-10-16(19)23/h1-10,18,23H,22H2. The molecule has 0 aromatic heterocycles. The van der Waals surface area contributed by atoms with Crippen LogP contribution in [0.2, 0.25) is 0 Å². The Labute approximate surface area is 139 Å². The van der Waals surface area contributed by atoms with Gasteiger partial charge in [-0.2, -0.15) is 5.26 Å². The Hall–Kier alpha value is -3.45. The van der Waals surface area contributed by atoms with Crippen LogP contribution in [0.25, 0.3) is 10.8 Å². The Bertz CT molecular complexity index is 1030. The largest absolute Gasteiger partial charge is 0.508 e. The number of aromatic hydroxyl groups is 1. The van der Waals surface area contributed by atoms with E-state index in [2.05, 4.69) is 6.07 Å². The van der Waals surface area contributed by atoms with Crippen molar-refractivity contribution >= 4 is 10.8 Å². The first-order valence-electron chi connectivity index (χ1n) is 7.58. The van der Waals surface area contributed by atoms with Gasteiger partial charge in [0.2, 0.25) is 5.88 Å². The number of nitrogens with two attached hydrogens (primary N) is 1. The third-order valence-corrected chi connectivity index (χ3v) is 4.36. The number of benzene rings is 3. The van der Waals surface area contributed by atoms with E-state index >= 15 is 0 Å². The van der Waals surface area contributed by atoms with Crippen LogP contribution < -0.4 is 10.5 Å². The molecular weight excluding hydrogens is 300 g/mol. The first kappa shape index (κ1) is 14.2. The molecule has 1 heterocycles. The van der Waals surface area contributed by atoms with Crippen molar-refractivity contribution in [2.45, 2.75) is 5.92 Å². The molecule has 3 aromatic carbocycles. The predicted octanol–water partition coefficient (Wildman–Crippen LogP) is 3.76. The lowest BCUT2D eigenvalue weighted by atomic mass is 9.81. The second-order valence-electron chi connectivity index (χ2n) is 5.68. The van der Waals surface area contributed by atoms with Crippen molar-refractivity contribution in [2.75, 3.05) is 0 Å². The summed E-state index contributed by atoms with van der Waals surface area (Å²) >= 11 is 0. The number of nitrogens with zero attached hydrogens (tertiary/aromatic N) is 1. The fourth-order valence-electron chi connectivity index (χ4n) is 3.29. The zero-order chi connectivity index (χ0) is 16.7. The van der Waals surface area contributed by atoms with Crippen molar-refractivity contribution in [1.82, 2.24) is 0 Å². The molecular formula is C20H14N2O2. The Morgan fingerprint density at radius 3 is 2.58 bits per heavy atom. The molecule has 4 rings (SSSR count). The van der Waals surface area contributed by atoms with Crippen LogP contribution in [0.15, 0.2) is 72.1 Å². The van der Waals surface area contributed by atoms with Crippen LogP contribution >= 0.6 is 0 Å². The summed E-state index contributed by atoms with van der Waals surface area (Å²) < 4.78 is 5.59. The van der Waals surface area contributed by atoms with Crippen LogP contribution in [0.5, 0.6) is 11.5 Å². The lowest BCUT2D eigenvalue weighted by Gasteiger charge is -2.27. The van der Waals surface area contributed by atoms with E-state index in [0.29, 0.717) is 16.9 Å². The average Bonchev–Trinajstić information content (AvgIpc) is 2.61. The van der Waals surface area contributed by atoms with Gasteiger partial charge in [0.15, 0.2) is 0 Å². The van der Waals surface area contributed by atoms with Gasteiger partial charge in [0, 0.05) is 11.1 Å². The lowest BCUT2D eigenvalue weighted by molar-refractivity contribution is 0.392. The highest BCUT2D eigenvalue weighted by molar-refractivity contribution is 5.89. The van der Waals surface area contributed by atoms with Crippen molar-refractivity contribution in [3.05, 3.63) is 83.2 Å². The number of hydrogen-bond donors (Lipinski definition) is 2. The van der Waals surface area contributed by atoms with E-state index < -0.39 is 5.92 Å². The van der Waals surface area contributed by atoms with Crippen LogP contribution in [0.3, 0.4) is 0 Å². The summed E-state index contributed by atoms with van der Waals surface area (Å²) in [6, 6.07) is 20.9. The molecule has 1 aliphatic rings. The van der Waals surface area contributed by atoms with Crippen LogP contribution in [0.1, 0.15) is 17.0 Å². The number of phenols is 1. The molecule has 1 aliphatic heterocycles. The Balaban J connectivity index is 2.09. The van der Waals surface area contributed by atoms with Gasteiger partial charge in [-0.1, -0.05) is 48.5 Å². The minimum atomic E-state index is -0.467. The minimum Gasteiger partial charge on any atom is -0.508 e. The van der Waals surface area contributed by atoms with E-state index in [9.17, 15) is 10.4 Å². The molecule has 116 valence electrons. The molecule has 4 heteroatoms. The van der Waals surface area contributed by atoms with E-state index in [0.717, 1.165) is 16.3 Å². The third-order valence-electron chi connectivity index (χ3n) is 4.36. The van der Waals surface area contributed by atoms with Gasteiger partial charge in [-0.15, -0.1) is 0 Å². The Morgan fingerprint density at radius 1 is 1.00 bits per heavy atom. The fourth-order valence-corrected chi connectivity index (χ4v) is 3.29. The van der Waals surface area contributed by atoms with Crippen molar-refractivity contribution in [1.29, 1.82) is 5.26 Å². The topological polar surface area (TPSA) is 79.3 Å². The van der Waals surface area contributed by atoms with Crippen LogP contribution in [0, 0.1) is 11.3 Å². The van der Waals surface area contributed by atoms with E-state index in [4.69, 9.17) is 10.5 Å². The summed E-state index contributed by atoms with van der Waals surface area (Å²) in [4.78, 5) is 0. The predicted molar refractivity (Wildman–Crippen MR) is 91.4 cm³/mol. The summed E-state index contributed by atoms with van der Waals surface area (Å²) in [5.74, 6) is 0.349. The molecule has 0 spiro atoms. The van der Waals surface area contributed by atoms with Gasteiger partial charge in [-0.3, -0.25) is 0 Å². The molecule has 1 unspecified atom stereocenters. The number of hydrogen-bond acceptors (Lipinski definition) is 4. The molecule has 4 nitrogen and oxygen atoms in total. The van der Waals surface area contributed by atoms with Crippen molar-refractivity contribution in [3.8, 4) is 17.6 Å². The van der Waals surface area contributed by atoms with Crippen LogP contribution in [-0.2, 0) is 0 Å². The van der Waals surface area contributed by atoms with Gasteiger partial charge in [-0.05, 0) is 22.9 Å². The van der Waals surface area contributed by atoms with E-state index in [1.54, 1.807) is 6.07 Å². The fraction of sp³-hybridized carbons (Fsp3) is 0.0500. The highest BCUT2D eigenvalue weighted by Crippen LogP contribution is 2.46. The number of phenolic OH excluding ortho intramolecular Hbond substituents is 1. The summed E-state index contributed by atoms with van der Waals surface area (Å²) in [5, 5.41) is 22.1. The maximum atomic E-state index is 10.6. The van der Waals surface area contributed by atoms with Crippen LogP contribution in [0.4, 0.5) is 0 Å². The molecule has 0 aliphatic carbocycles. The second kappa shape index (κ2) is 5.32. The van der Waals surface area contributed by atoms with Gasteiger partial charge in [0.1, 0.15) is 23.1 Å². The van der Waals surface area contributed by atoms with E-state index in [-0.39, 0.29) is 11.6 Å². The number of ether oxygens (including phenoxy) is 1. The second-order valence-corrected chi connectivity index (χ2v) is 5.68. The summed E-state index contributed by atoms with van der Waals surface area (Å²) in [6.07, 6.45) is 0. The van der Waals surface area contributed by atoms with Gasteiger partial charge in [0.25, 0.3) is 0 Å². The SMILES string of the molecule is N#CC1=C(N)Oc2ccccc2C1c1c(O)ccc2ccccc12. The normalized spacial score (nSPS) is 16.4. The number of allylic oxidation sites excluding steroid dienone is 1. The maximum Gasteiger partial charge on any atom is 0.205 e. The molecule has 0 amide bonds. The molecule has 0 bridgehead atoms. The molecule has 0 fully saturated rings. The highest BCUT2D eigenvalue weighted by atomic mass is 16.5. The monoisotopic (exact) mass is 314 g/mol. The Morgan fingerprint density at radius 2 is 1.75 bits per heavy atom. The quantitative estimate of drug-likeness (QED) is 0.716. The zero-order valence-electron chi connectivity index (χ0n) is 12.7. The number of nitriles is 1. The number of para-hydroxylation sites is 1. The Kier molecular flexibility index (Phi) is 3.14. The van der Waals surface area contributed by atoms with Gasteiger partial charge < -0.3 is 15.6 Å². The van der Waals surface area contributed by atoms with Gasteiger partial charge in [-0.25, -0.2) is 0 Å².